The normalized spacial score (nSPS) is 16.9. The first-order valence-electron chi connectivity index (χ1n) is 7.18. The number of fused-ring (bicyclic) bond motifs is 1. The molecule has 0 aliphatic carbocycles. The Balaban J connectivity index is 2.22. The zero-order valence-electron chi connectivity index (χ0n) is 13.1. The molecular weight excluding hydrogens is 300 g/mol. The lowest BCUT2D eigenvalue weighted by atomic mass is 9.90. The number of rotatable bonds is 2. The maximum absolute atomic E-state index is 13.9. The van der Waals surface area contributed by atoms with E-state index in [-0.39, 0.29) is 5.56 Å². The Hall–Kier alpha value is -2.40. The summed E-state index contributed by atoms with van der Waals surface area (Å²) in [6.45, 7) is 1.40. The Morgan fingerprint density at radius 3 is 2.39 bits per heavy atom. The predicted molar refractivity (Wildman–Crippen MR) is 83.9 cm³/mol. The topological polar surface area (TPSA) is 32.7 Å². The van der Waals surface area contributed by atoms with Crippen molar-refractivity contribution in [2.75, 3.05) is 14.2 Å². The van der Waals surface area contributed by atoms with Crippen molar-refractivity contribution in [3.8, 4) is 5.75 Å². The molecule has 0 spiro atoms. The van der Waals surface area contributed by atoms with Crippen LogP contribution in [0.15, 0.2) is 36.5 Å². The lowest BCUT2D eigenvalue weighted by Gasteiger charge is -2.31. The van der Waals surface area contributed by atoms with Gasteiger partial charge in [0.15, 0.2) is 6.23 Å². The zero-order valence-corrected chi connectivity index (χ0v) is 13.1. The van der Waals surface area contributed by atoms with Gasteiger partial charge < -0.3 is 14.7 Å². The number of aliphatic hydroxyl groups excluding tert-OH is 1. The summed E-state index contributed by atoms with van der Waals surface area (Å²) in [7, 11) is 3.25. The fourth-order valence-corrected chi connectivity index (χ4v) is 2.71. The van der Waals surface area contributed by atoms with Gasteiger partial charge in [-0.3, -0.25) is 0 Å². The van der Waals surface area contributed by atoms with Crippen molar-refractivity contribution in [1.29, 1.82) is 0 Å². The molecule has 23 heavy (non-hydrogen) atoms. The van der Waals surface area contributed by atoms with Crippen molar-refractivity contribution in [3.05, 3.63) is 70.4 Å². The van der Waals surface area contributed by atoms with Gasteiger partial charge in [-0.25, -0.2) is 8.78 Å². The van der Waals surface area contributed by atoms with Gasteiger partial charge in [-0.2, -0.15) is 0 Å². The molecule has 1 aliphatic heterocycles. The van der Waals surface area contributed by atoms with Gasteiger partial charge in [-0.1, -0.05) is 6.07 Å². The predicted octanol–water partition coefficient (Wildman–Crippen LogP) is 3.61. The quantitative estimate of drug-likeness (QED) is 0.918. The first-order chi connectivity index (χ1) is 10.9. The molecule has 1 heterocycles. The Labute approximate surface area is 133 Å². The van der Waals surface area contributed by atoms with Crippen LogP contribution in [0.4, 0.5) is 8.78 Å². The summed E-state index contributed by atoms with van der Waals surface area (Å²) in [6.07, 6.45) is 0.857. The van der Waals surface area contributed by atoms with Crippen LogP contribution < -0.4 is 4.74 Å². The Bertz CT molecular complexity index is 779. The highest BCUT2D eigenvalue weighted by Gasteiger charge is 2.25. The molecule has 5 heteroatoms. The minimum absolute atomic E-state index is 0.00980. The van der Waals surface area contributed by atoms with Crippen LogP contribution in [0, 0.1) is 18.6 Å². The molecule has 1 atom stereocenters. The lowest BCUT2D eigenvalue weighted by Crippen LogP contribution is -2.24. The van der Waals surface area contributed by atoms with Crippen molar-refractivity contribution < 1.29 is 18.6 Å². The minimum Gasteiger partial charge on any atom is -0.497 e. The molecule has 3 rings (SSSR count). The van der Waals surface area contributed by atoms with Crippen LogP contribution in [0.3, 0.4) is 0 Å². The van der Waals surface area contributed by atoms with E-state index in [1.165, 1.54) is 19.1 Å². The highest BCUT2D eigenvalue weighted by molar-refractivity contribution is 5.83. The zero-order chi connectivity index (χ0) is 16.7. The Morgan fingerprint density at radius 2 is 1.78 bits per heavy atom. The summed E-state index contributed by atoms with van der Waals surface area (Å²) in [4.78, 5) is 1.60. The highest BCUT2D eigenvalue weighted by atomic mass is 19.1. The van der Waals surface area contributed by atoms with Crippen LogP contribution in [0.25, 0.3) is 5.57 Å². The average molecular weight is 317 g/mol. The summed E-state index contributed by atoms with van der Waals surface area (Å²) in [5, 5.41) is 10.3. The van der Waals surface area contributed by atoms with E-state index in [1.54, 1.807) is 43.5 Å². The number of hydrogen-bond acceptors (Lipinski definition) is 3. The van der Waals surface area contributed by atoms with Crippen LogP contribution in [-0.4, -0.2) is 24.2 Å². The number of methoxy groups -OCH3 is 1. The Morgan fingerprint density at radius 1 is 1.13 bits per heavy atom. The maximum atomic E-state index is 13.9. The molecule has 2 aromatic carbocycles. The maximum Gasteiger partial charge on any atom is 0.153 e. The van der Waals surface area contributed by atoms with Gasteiger partial charge in [0.1, 0.15) is 17.4 Å². The second-order valence-electron chi connectivity index (χ2n) is 5.60. The minimum atomic E-state index is -0.820. The molecule has 0 amide bonds. The van der Waals surface area contributed by atoms with E-state index in [9.17, 15) is 13.9 Å². The summed E-state index contributed by atoms with van der Waals surface area (Å²) in [5.41, 5.74) is 2.39. The lowest BCUT2D eigenvalue weighted by molar-refractivity contribution is 0.0521. The molecule has 0 saturated carbocycles. The first kappa shape index (κ1) is 15.5. The molecule has 3 nitrogen and oxygen atoms in total. The number of aliphatic hydroxyl groups is 1. The fourth-order valence-electron chi connectivity index (χ4n) is 2.71. The molecule has 1 unspecified atom stereocenters. The van der Waals surface area contributed by atoms with Crippen molar-refractivity contribution in [2.24, 2.45) is 0 Å². The molecule has 120 valence electrons. The third kappa shape index (κ3) is 2.57. The third-order valence-corrected chi connectivity index (χ3v) is 4.14. The second kappa shape index (κ2) is 5.66. The van der Waals surface area contributed by atoms with Gasteiger partial charge in [-0.05, 0) is 42.3 Å². The SMILES string of the molecule is COc1ccc2c(c1)C(c1cc(F)c(C)c(F)c1)=CN(C)C2O. The molecule has 1 N–H and O–H groups in total. The van der Waals surface area contributed by atoms with Gasteiger partial charge in [0.25, 0.3) is 0 Å². The fraction of sp³-hybridized carbons (Fsp3) is 0.222. The number of benzene rings is 2. The number of ether oxygens (including phenoxy) is 1. The monoisotopic (exact) mass is 317 g/mol. The Kier molecular flexibility index (Phi) is 3.82. The van der Waals surface area contributed by atoms with E-state index in [1.807, 2.05) is 0 Å². The van der Waals surface area contributed by atoms with Crippen molar-refractivity contribution >= 4 is 5.57 Å². The van der Waals surface area contributed by atoms with E-state index in [2.05, 4.69) is 0 Å². The van der Waals surface area contributed by atoms with Gasteiger partial charge in [0.05, 0.1) is 7.11 Å². The summed E-state index contributed by atoms with van der Waals surface area (Å²) >= 11 is 0. The molecule has 0 radical (unpaired) electrons. The van der Waals surface area contributed by atoms with E-state index in [0.717, 1.165) is 0 Å². The molecule has 0 aromatic heterocycles. The molecule has 0 bridgehead atoms. The van der Waals surface area contributed by atoms with Crippen LogP contribution in [0.1, 0.15) is 28.5 Å². The first-order valence-corrected chi connectivity index (χ1v) is 7.18. The number of nitrogens with zero attached hydrogens (tertiary/aromatic N) is 1. The molecular formula is C18H17F2NO2. The molecule has 0 saturated heterocycles. The average Bonchev–Trinajstić information content (AvgIpc) is 2.55. The van der Waals surface area contributed by atoms with Gasteiger partial charge in [-0.15, -0.1) is 0 Å². The summed E-state index contributed by atoms with van der Waals surface area (Å²) in [5.74, 6) is -0.585. The van der Waals surface area contributed by atoms with Crippen LogP contribution in [0.5, 0.6) is 5.75 Å². The van der Waals surface area contributed by atoms with Gasteiger partial charge in [0.2, 0.25) is 0 Å². The second-order valence-corrected chi connectivity index (χ2v) is 5.60. The van der Waals surface area contributed by atoms with Crippen LogP contribution >= 0.6 is 0 Å². The highest BCUT2D eigenvalue weighted by Crippen LogP contribution is 2.38. The molecule has 0 fully saturated rings. The number of halogens is 2. The smallest absolute Gasteiger partial charge is 0.153 e. The third-order valence-electron chi connectivity index (χ3n) is 4.14. The molecule has 2 aromatic rings. The standard InChI is InChI=1S/C18H17F2NO2/c1-10-16(19)6-11(7-17(10)20)15-9-21(2)18(22)13-5-4-12(23-3)8-14(13)15/h4-9,18,22H,1-3H3. The van der Waals surface area contributed by atoms with E-state index < -0.39 is 17.9 Å². The van der Waals surface area contributed by atoms with E-state index >= 15 is 0 Å². The summed E-state index contributed by atoms with van der Waals surface area (Å²) < 4.78 is 33.1. The van der Waals surface area contributed by atoms with Crippen molar-refractivity contribution in [2.45, 2.75) is 13.2 Å². The van der Waals surface area contributed by atoms with Gasteiger partial charge >= 0.3 is 0 Å². The number of hydrogen-bond donors (Lipinski definition) is 1. The van der Waals surface area contributed by atoms with Crippen molar-refractivity contribution in [1.82, 2.24) is 4.90 Å². The van der Waals surface area contributed by atoms with Crippen molar-refractivity contribution in [3.63, 3.8) is 0 Å². The van der Waals surface area contributed by atoms with Crippen LogP contribution in [-0.2, 0) is 0 Å². The van der Waals surface area contributed by atoms with Gasteiger partial charge in [0, 0.05) is 29.9 Å². The van der Waals surface area contributed by atoms with E-state index in [4.69, 9.17) is 4.74 Å². The summed E-state index contributed by atoms with van der Waals surface area (Å²) in [6, 6.07) is 7.86. The van der Waals surface area contributed by atoms with E-state index in [0.29, 0.717) is 28.0 Å². The van der Waals surface area contributed by atoms with Crippen LogP contribution in [0.2, 0.25) is 0 Å². The largest absolute Gasteiger partial charge is 0.497 e. The molecule has 1 aliphatic rings.